The van der Waals surface area contributed by atoms with Gasteiger partial charge in [0.25, 0.3) is 5.91 Å². The molecule has 4 aromatic carbocycles. The van der Waals surface area contributed by atoms with Gasteiger partial charge in [0.15, 0.2) is 0 Å². The number of amides is 1. The molecule has 268 valence electrons. The summed E-state index contributed by atoms with van der Waals surface area (Å²) in [4.78, 5) is 35.7. The van der Waals surface area contributed by atoms with E-state index in [-0.39, 0.29) is 17.6 Å². The van der Waals surface area contributed by atoms with Crippen molar-refractivity contribution < 1.29 is 28.9 Å². The largest absolute Gasteiger partial charge is 0.493 e. The average Bonchev–Trinajstić information content (AvgIpc) is 3.49. The van der Waals surface area contributed by atoms with Gasteiger partial charge in [-0.2, -0.15) is 0 Å². The van der Waals surface area contributed by atoms with Crippen molar-refractivity contribution in [1.29, 1.82) is 0 Å². The highest BCUT2D eigenvalue weighted by Crippen LogP contribution is 2.32. The number of hydrogen-bond acceptors (Lipinski definition) is 7. The maximum absolute atomic E-state index is 12.4. The summed E-state index contributed by atoms with van der Waals surface area (Å²) in [6, 6.07) is 31.1. The number of nitrogens with zero attached hydrogens (tertiary/aromatic N) is 4. The summed E-state index contributed by atoms with van der Waals surface area (Å²) in [7, 11) is 3.50. The zero-order valence-electron chi connectivity index (χ0n) is 29.7. The number of rotatable bonds is 7. The van der Waals surface area contributed by atoms with Gasteiger partial charge < -0.3 is 28.8 Å². The van der Waals surface area contributed by atoms with E-state index in [1.165, 1.54) is 0 Å². The Balaban J connectivity index is 1.10. The lowest BCUT2D eigenvalue weighted by molar-refractivity contribution is -0.0589. The van der Waals surface area contributed by atoms with Crippen LogP contribution in [0.3, 0.4) is 0 Å². The molecule has 53 heavy (non-hydrogen) atoms. The first-order valence-corrected chi connectivity index (χ1v) is 17.9. The van der Waals surface area contributed by atoms with Crippen molar-refractivity contribution in [2.45, 2.75) is 44.9 Å². The number of carbonyl (C=O) groups excluding carboxylic acids is 1. The summed E-state index contributed by atoms with van der Waals surface area (Å²) in [5.41, 5.74) is 9.40. The third-order valence-electron chi connectivity index (χ3n) is 9.99. The van der Waals surface area contributed by atoms with Crippen LogP contribution in [0.2, 0.25) is 0 Å². The summed E-state index contributed by atoms with van der Waals surface area (Å²) >= 11 is 0. The van der Waals surface area contributed by atoms with Gasteiger partial charge in [-0.25, -0.2) is 14.8 Å². The van der Waals surface area contributed by atoms with Crippen LogP contribution in [0.15, 0.2) is 97.1 Å². The molecule has 1 unspecified atom stereocenters. The number of aryl methyl sites for hydroxylation is 1. The van der Waals surface area contributed by atoms with Crippen molar-refractivity contribution in [3.8, 4) is 34.0 Å². The van der Waals surface area contributed by atoms with E-state index >= 15 is 0 Å². The van der Waals surface area contributed by atoms with Crippen molar-refractivity contribution in [3.05, 3.63) is 131 Å². The Kier molecular flexibility index (Phi) is 9.37. The van der Waals surface area contributed by atoms with Gasteiger partial charge in [0.2, 0.25) is 5.88 Å². The van der Waals surface area contributed by atoms with E-state index in [2.05, 4.69) is 28.8 Å². The maximum atomic E-state index is 12.4. The monoisotopic (exact) mass is 708 g/mol. The topological polar surface area (TPSA) is 116 Å². The molecule has 1 saturated heterocycles. The van der Waals surface area contributed by atoms with Crippen LogP contribution in [-0.2, 0) is 30.7 Å². The minimum Gasteiger partial charge on any atom is -0.493 e. The standard InChI is InChI=1S/C43H40N4O6/c1-46(2)42(48)28-10-8-27(9-11-28)30-12-15-34-26-53-41-7-3-6-36(45-41)31-13-14-32(39(23-31)52-19-4-5-29(34)21-30)24-40-44-37-17-16-33(43(49)50)22-38(37)47(40)25-35-18-20-51-35/h3,6-17,21-23,35H,4-5,18-20,24-26H2,1-2H3,(H,49,50). The first-order valence-electron chi connectivity index (χ1n) is 17.9. The number of carbonyl (C=O) groups is 2. The van der Waals surface area contributed by atoms with Crippen molar-refractivity contribution in [2.24, 2.45) is 0 Å². The van der Waals surface area contributed by atoms with Crippen LogP contribution >= 0.6 is 0 Å². The molecular weight excluding hydrogens is 668 g/mol. The highest BCUT2D eigenvalue weighted by molar-refractivity contribution is 5.94. The van der Waals surface area contributed by atoms with Crippen LogP contribution in [-0.4, -0.2) is 69.8 Å². The zero-order valence-corrected chi connectivity index (χ0v) is 29.7. The van der Waals surface area contributed by atoms with E-state index in [1.807, 2.05) is 54.6 Å². The SMILES string of the molecule is CN(C)C(=O)c1ccc(-c2ccc3c(c2)CCCOc2cc(ccc2Cc2nc4ccc(C(=O)O)cc4n2CC2CCO2)-c2cccc(n2)OC3)cc1. The van der Waals surface area contributed by atoms with E-state index in [9.17, 15) is 14.7 Å². The summed E-state index contributed by atoms with van der Waals surface area (Å²) in [6.07, 6.45) is 3.05. The number of carboxylic acids is 1. The van der Waals surface area contributed by atoms with Crippen molar-refractivity contribution in [2.75, 3.05) is 27.3 Å². The first kappa shape index (κ1) is 34.1. The second-order valence-corrected chi connectivity index (χ2v) is 13.8. The highest BCUT2D eigenvalue weighted by atomic mass is 16.5. The Morgan fingerprint density at radius 2 is 1.62 bits per heavy atom. The van der Waals surface area contributed by atoms with E-state index in [0.717, 1.165) is 87.6 Å². The molecule has 1 fully saturated rings. The van der Waals surface area contributed by atoms with Gasteiger partial charge in [-0.15, -0.1) is 0 Å². The molecule has 1 atom stereocenters. The Bertz CT molecular complexity index is 2330. The highest BCUT2D eigenvalue weighted by Gasteiger charge is 2.23. The van der Waals surface area contributed by atoms with Crippen LogP contribution in [0.1, 0.15) is 56.1 Å². The molecular formula is C43H40N4O6. The minimum absolute atomic E-state index is 0.0273. The Morgan fingerprint density at radius 1 is 0.830 bits per heavy atom. The van der Waals surface area contributed by atoms with Crippen molar-refractivity contribution >= 4 is 22.9 Å². The minimum atomic E-state index is -0.971. The summed E-state index contributed by atoms with van der Waals surface area (Å²) in [6.45, 7) is 2.20. The van der Waals surface area contributed by atoms with Gasteiger partial charge in [0, 0.05) is 49.9 Å². The number of fused-ring (bicyclic) bond motifs is 7. The Labute approximate surface area is 307 Å². The first-order chi connectivity index (χ1) is 25.8. The zero-order chi connectivity index (χ0) is 36.5. The smallest absolute Gasteiger partial charge is 0.335 e. The lowest BCUT2D eigenvalue weighted by Gasteiger charge is -2.27. The third-order valence-corrected chi connectivity index (χ3v) is 9.99. The van der Waals surface area contributed by atoms with E-state index in [4.69, 9.17) is 24.2 Å². The summed E-state index contributed by atoms with van der Waals surface area (Å²) in [5.74, 6) is 1.11. The molecule has 10 heteroatoms. The second-order valence-electron chi connectivity index (χ2n) is 13.8. The van der Waals surface area contributed by atoms with Gasteiger partial charge >= 0.3 is 5.97 Å². The van der Waals surface area contributed by atoms with Crippen molar-refractivity contribution in [1.82, 2.24) is 19.4 Å². The molecule has 0 radical (unpaired) electrons. The number of hydrogen-bond donors (Lipinski definition) is 1. The van der Waals surface area contributed by atoms with Gasteiger partial charge in [0.1, 0.15) is 18.2 Å². The number of ether oxygens (including phenoxy) is 3. The lowest BCUT2D eigenvalue weighted by Crippen LogP contribution is -2.31. The van der Waals surface area contributed by atoms with Gasteiger partial charge in [0.05, 0.1) is 41.5 Å². The fourth-order valence-electron chi connectivity index (χ4n) is 6.94. The molecule has 2 aromatic heterocycles. The average molecular weight is 709 g/mol. The van der Waals surface area contributed by atoms with E-state index < -0.39 is 5.97 Å². The molecule has 10 nitrogen and oxygen atoms in total. The second kappa shape index (κ2) is 14.6. The number of benzene rings is 4. The quantitative estimate of drug-likeness (QED) is 0.182. The van der Waals surface area contributed by atoms with E-state index in [0.29, 0.717) is 37.6 Å². The molecule has 0 saturated carbocycles. The number of pyridine rings is 1. The number of aromatic carboxylic acids is 1. The normalized spacial score (nSPS) is 15.3. The molecule has 4 heterocycles. The fraction of sp³-hybridized carbons (Fsp3) is 0.256. The van der Waals surface area contributed by atoms with Gasteiger partial charge in [-0.1, -0.05) is 48.5 Å². The van der Waals surface area contributed by atoms with Crippen molar-refractivity contribution in [3.63, 3.8) is 0 Å². The van der Waals surface area contributed by atoms with Crippen LogP contribution in [0, 0.1) is 0 Å². The van der Waals surface area contributed by atoms with Gasteiger partial charge in [-0.3, -0.25) is 4.79 Å². The number of aromatic nitrogens is 3. The molecule has 2 aliphatic rings. The number of carboxylic acid groups (broad SMARTS) is 1. The predicted octanol–water partition coefficient (Wildman–Crippen LogP) is 7.45. The predicted molar refractivity (Wildman–Crippen MR) is 202 cm³/mol. The molecule has 4 bridgehead atoms. The van der Waals surface area contributed by atoms with Crippen LogP contribution in [0.5, 0.6) is 11.6 Å². The number of imidazole rings is 1. The Morgan fingerprint density at radius 3 is 2.40 bits per heavy atom. The van der Waals surface area contributed by atoms with Crippen LogP contribution in [0.25, 0.3) is 33.4 Å². The van der Waals surface area contributed by atoms with E-state index in [1.54, 1.807) is 37.2 Å². The molecule has 8 rings (SSSR count). The van der Waals surface area contributed by atoms with Gasteiger partial charge in [-0.05, 0) is 84.0 Å². The maximum Gasteiger partial charge on any atom is 0.335 e. The van der Waals surface area contributed by atoms with Crippen LogP contribution in [0.4, 0.5) is 0 Å². The molecule has 1 amide bonds. The third kappa shape index (κ3) is 7.23. The fourth-order valence-corrected chi connectivity index (χ4v) is 6.94. The molecule has 6 aromatic rings. The molecule has 0 spiro atoms. The van der Waals surface area contributed by atoms with Crippen LogP contribution < -0.4 is 9.47 Å². The Hall–Kier alpha value is -6.00. The summed E-state index contributed by atoms with van der Waals surface area (Å²) < 4.78 is 20.7. The molecule has 1 N–H and O–H groups in total. The molecule has 2 aliphatic heterocycles. The summed E-state index contributed by atoms with van der Waals surface area (Å²) in [5, 5.41) is 9.70. The molecule has 0 aliphatic carbocycles. The lowest BCUT2D eigenvalue weighted by atomic mass is 9.96.